The molecule has 3 amide bonds. The van der Waals surface area contributed by atoms with Crippen molar-refractivity contribution in [2.24, 2.45) is 4.99 Å². The number of urea groups is 1. The number of carbonyl (C=O) groups excluding carboxylic acids is 2. The first kappa shape index (κ1) is 21.4. The van der Waals surface area contributed by atoms with E-state index in [4.69, 9.17) is 4.99 Å². The van der Waals surface area contributed by atoms with Crippen molar-refractivity contribution in [3.05, 3.63) is 71.5 Å². The Morgan fingerprint density at radius 2 is 1.61 bits per heavy atom. The number of carbonyl (C=O) groups is 2. The molecule has 9 heteroatoms. The normalized spacial score (nSPS) is 23.5. The van der Waals surface area contributed by atoms with E-state index < -0.39 is 18.2 Å². The quantitative estimate of drug-likeness (QED) is 0.768. The Kier molecular flexibility index (Phi) is 5.72. The van der Waals surface area contributed by atoms with Crippen LogP contribution in [0.5, 0.6) is 0 Å². The molecule has 0 radical (unpaired) electrons. The highest BCUT2D eigenvalue weighted by Crippen LogP contribution is 2.28. The van der Waals surface area contributed by atoms with Crippen molar-refractivity contribution < 1.29 is 14.0 Å². The molecule has 172 valence electrons. The molecule has 1 N–H and O–H groups in total. The molecule has 0 aliphatic carbocycles. The van der Waals surface area contributed by atoms with Gasteiger partial charge in [0.2, 0.25) is 0 Å². The summed E-state index contributed by atoms with van der Waals surface area (Å²) in [6, 6.07) is 15.6. The Hall–Kier alpha value is -3.46. The summed E-state index contributed by atoms with van der Waals surface area (Å²) >= 11 is 0. The number of nitrogens with zero attached hydrogens (tertiary/aromatic N) is 5. The Bertz CT molecular complexity index is 1050. The number of benzene rings is 2. The molecule has 8 nitrogen and oxygen atoms in total. The van der Waals surface area contributed by atoms with Crippen molar-refractivity contribution in [3.8, 4) is 0 Å². The van der Waals surface area contributed by atoms with Gasteiger partial charge in [0.1, 0.15) is 5.82 Å². The number of fused-ring (bicyclic) bond motifs is 1. The lowest BCUT2D eigenvalue weighted by Gasteiger charge is -2.40. The van der Waals surface area contributed by atoms with Gasteiger partial charge >= 0.3 is 6.03 Å². The molecule has 0 aromatic heterocycles. The second-order valence-corrected chi connectivity index (χ2v) is 8.70. The highest BCUT2D eigenvalue weighted by Gasteiger charge is 2.49. The van der Waals surface area contributed by atoms with Gasteiger partial charge in [-0.25, -0.2) is 14.2 Å². The third-order valence-electron chi connectivity index (χ3n) is 6.51. The summed E-state index contributed by atoms with van der Waals surface area (Å²) in [5, 5.41) is 2.46. The van der Waals surface area contributed by atoms with Crippen molar-refractivity contribution >= 4 is 17.9 Å². The topological polar surface area (TPSA) is 71.5 Å². The smallest absolute Gasteiger partial charge is 0.325 e. The average Bonchev–Trinajstić information content (AvgIpc) is 3.20. The lowest BCUT2D eigenvalue weighted by molar-refractivity contribution is -0.127. The van der Waals surface area contributed by atoms with Crippen LogP contribution in [-0.4, -0.2) is 82.9 Å². The van der Waals surface area contributed by atoms with Crippen LogP contribution in [0.3, 0.4) is 0 Å². The van der Waals surface area contributed by atoms with Crippen LogP contribution in [-0.2, 0) is 17.9 Å². The molecule has 0 saturated carbocycles. The van der Waals surface area contributed by atoms with Gasteiger partial charge in [-0.05, 0) is 23.3 Å². The van der Waals surface area contributed by atoms with Gasteiger partial charge in [0, 0.05) is 46.3 Å². The molecule has 2 fully saturated rings. The van der Waals surface area contributed by atoms with E-state index >= 15 is 0 Å². The van der Waals surface area contributed by atoms with Crippen molar-refractivity contribution in [2.75, 3.05) is 33.2 Å². The predicted molar refractivity (Wildman–Crippen MR) is 122 cm³/mol. The van der Waals surface area contributed by atoms with Crippen molar-refractivity contribution in [1.29, 1.82) is 0 Å². The van der Waals surface area contributed by atoms with Crippen molar-refractivity contribution in [1.82, 2.24) is 24.9 Å². The molecule has 2 atom stereocenters. The van der Waals surface area contributed by atoms with Crippen LogP contribution in [0.25, 0.3) is 0 Å². The monoisotopic (exact) mass is 450 g/mol. The third kappa shape index (κ3) is 4.28. The largest absolute Gasteiger partial charge is 0.340 e. The maximum absolute atomic E-state index is 13.2. The van der Waals surface area contributed by atoms with E-state index in [2.05, 4.69) is 15.1 Å². The van der Waals surface area contributed by atoms with E-state index in [0.29, 0.717) is 6.54 Å². The van der Waals surface area contributed by atoms with Gasteiger partial charge in [0.05, 0.1) is 0 Å². The summed E-state index contributed by atoms with van der Waals surface area (Å²) in [6.45, 7) is 4.46. The van der Waals surface area contributed by atoms with Gasteiger partial charge in [-0.1, -0.05) is 42.5 Å². The second kappa shape index (κ2) is 8.82. The summed E-state index contributed by atoms with van der Waals surface area (Å²) in [4.78, 5) is 37.9. The number of imide groups is 1. The molecule has 2 aromatic carbocycles. The number of guanidine groups is 1. The first-order valence-electron chi connectivity index (χ1n) is 11.2. The molecule has 3 aliphatic rings. The molecular formula is C24H27FN6O2. The number of hydrogen-bond acceptors (Lipinski definition) is 6. The highest BCUT2D eigenvalue weighted by molar-refractivity contribution is 6.03. The van der Waals surface area contributed by atoms with Crippen LogP contribution in [0, 0.1) is 5.82 Å². The van der Waals surface area contributed by atoms with Gasteiger partial charge < -0.3 is 14.7 Å². The molecular weight excluding hydrogens is 423 g/mol. The third-order valence-corrected chi connectivity index (χ3v) is 6.51. The van der Waals surface area contributed by atoms with Crippen molar-refractivity contribution in [2.45, 2.75) is 25.3 Å². The summed E-state index contributed by atoms with van der Waals surface area (Å²) < 4.78 is 13.2. The number of amides is 3. The van der Waals surface area contributed by atoms with E-state index in [1.54, 1.807) is 7.05 Å². The molecule has 5 rings (SSSR count). The van der Waals surface area contributed by atoms with Crippen LogP contribution in [0.2, 0.25) is 0 Å². The number of rotatable bonds is 4. The van der Waals surface area contributed by atoms with E-state index in [-0.39, 0.29) is 11.7 Å². The standard InChI is InChI=1S/C24H27FN6O2/c1-28-21-20(22(32)27-24(28)33)31(16-17-5-3-2-4-6-17)23(26-21)30-13-11-29(12-14-30)15-18-7-9-19(25)10-8-18/h2-10,20-21H,11-16H2,1H3,(H,27,32,33). The molecule has 2 unspecified atom stereocenters. The molecule has 3 aliphatic heterocycles. The zero-order valence-electron chi connectivity index (χ0n) is 18.5. The highest BCUT2D eigenvalue weighted by atomic mass is 19.1. The number of hydrogen-bond donors (Lipinski definition) is 1. The number of nitrogens with one attached hydrogen (secondary N) is 1. The molecule has 0 spiro atoms. The van der Waals surface area contributed by atoms with Crippen LogP contribution in [0.4, 0.5) is 9.18 Å². The first-order valence-corrected chi connectivity index (χ1v) is 11.2. The Labute approximate surface area is 192 Å². The summed E-state index contributed by atoms with van der Waals surface area (Å²) in [5.74, 6) is 0.218. The fourth-order valence-corrected chi connectivity index (χ4v) is 4.68. The molecule has 3 heterocycles. The molecule has 2 aromatic rings. The van der Waals surface area contributed by atoms with E-state index in [1.807, 2.05) is 47.4 Å². The number of piperazine rings is 1. The van der Waals surface area contributed by atoms with Crippen molar-refractivity contribution in [3.63, 3.8) is 0 Å². The van der Waals surface area contributed by atoms with E-state index in [9.17, 15) is 14.0 Å². The minimum absolute atomic E-state index is 0.227. The summed E-state index contributed by atoms with van der Waals surface area (Å²) in [5.41, 5.74) is 2.16. The zero-order chi connectivity index (χ0) is 22.9. The lowest BCUT2D eigenvalue weighted by atomic mass is 10.1. The predicted octanol–water partition coefficient (Wildman–Crippen LogP) is 1.69. The average molecular weight is 451 g/mol. The summed E-state index contributed by atoms with van der Waals surface area (Å²) in [7, 11) is 1.67. The van der Waals surface area contributed by atoms with Gasteiger partial charge in [-0.3, -0.25) is 15.0 Å². The van der Waals surface area contributed by atoms with E-state index in [1.165, 1.54) is 17.0 Å². The molecule has 0 bridgehead atoms. The minimum Gasteiger partial charge on any atom is -0.340 e. The van der Waals surface area contributed by atoms with Gasteiger partial charge in [-0.2, -0.15) is 0 Å². The Balaban J connectivity index is 1.33. The zero-order valence-corrected chi connectivity index (χ0v) is 18.5. The number of halogens is 1. The minimum atomic E-state index is -0.555. The number of aliphatic imine (C=N–C) groups is 1. The van der Waals surface area contributed by atoms with Gasteiger partial charge in [0.15, 0.2) is 18.2 Å². The number of likely N-dealkylation sites (N-methyl/N-ethyl adjacent to an activating group) is 1. The Morgan fingerprint density at radius 1 is 0.939 bits per heavy atom. The van der Waals surface area contributed by atoms with Gasteiger partial charge in [-0.15, -0.1) is 0 Å². The second-order valence-electron chi connectivity index (χ2n) is 8.70. The van der Waals surface area contributed by atoms with Gasteiger partial charge in [0.25, 0.3) is 5.91 Å². The Morgan fingerprint density at radius 3 is 2.30 bits per heavy atom. The SMILES string of the molecule is CN1C(=O)NC(=O)C2C1N=C(N1CCN(Cc3ccc(F)cc3)CC1)N2Cc1ccccc1. The molecule has 33 heavy (non-hydrogen) atoms. The summed E-state index contributed by atoms with van der Waals surface area (Å²) in [6.07, 6.45) is -0.540. The maximum Gasteiger partial charge on any atom is 0.325 e. The molecule has 2 saturated heterocycles. The maximum atomic E-state index is 13.2. The van der Waals surface area contributed by atoms with Crippen LogP contribution >= 0.6 is 0 Å². The first-order chi connectivity index (χ1) is 16.0. The van der Waals surface area contributed by atoms with Crippen LogP contribution < -0.4 is 5.32 Å². The fraction of sp³-hybridized carbons (Fsp3) is 0.375. The van der Waals surface area contributed by atoms with Crippen LogP contribution in [0.1, 0.15) is 11.1 Å². The lowest BCUT2D eigenvalue weighted by Crippen LogP contribution is -2.64. The van der Waals surface area contributed by atoms with Crippen LogP contribution in [0.15, 0.2) is 59.6 Å². The fourth-order valence-electron chi connectivity index (χ4n) is 4.68. The van der Waals surface area contributed by atoms with E-state index in [0.717, 1.165) is 49.8 Å².